The Kier molecular flexibility index (Phi) is 6.58. The summed E-state index contributed by atoms with van der Waals surface area (Å²) in [4.78, 5) is 31.8. The molecule has 33 heavy (non-hydrogen) atoms. The maximum Gasteiger partial charge on any atom is 0.295 e. The minimum atomic E-state index is -0.678. The molecule has 0 saturated carbocycles. The summed E-state index contributed by atoms with van der Waals surface area (Å²) in [7, 11) is 1.54. The molecule has 1 fully saturated rings. The van der Waals surface area contributed by atoms with Crippen LogP contribution < -0.4 is 4.74 Å². The highest BCUT2D eigenvalue weighted by Crippen LogP contribution is 2.40. The molecule has 1 saturated heterocycles. The fraction of sp³-hybridized carbons (Fsp3) is 0.269. The first kappa shape index (κ1) is 22.3. The van der Waals surface area contributed by atoms with Crippen LogP contribution >= 0.6 is 0 Å². The average molecular weight is 446 g/mol. The number of carbonyl (C=O) groups excluding carboxylic acids is 2. The lowest BCUT2D eigenvalue weighted by molar-refractivity contribution is -0.139. The van der Waals surface area contributed by atoms with Gasteiger partial charge in [-0.15, -0.1) is 0 Å². The van der Waals surface area contributed by atoms with Crippen LogP contribution in [0.4, 0.5) is 0 Å². The molecule has 1 atom stereocenters. The number of rotatable bonds is 8. The molecule has 0 radical (unpaired) electrons. The second-order valence-electron chi connectivity index (χ2n) is 7.97. The van der Waals surface area contributed by atoms with Gasteiger partial charge in [0.05, 0.1) is 25.1 Å². The molecular formula is C26H27N3O4. The zero-order valence-corrected chi connectivity index (χ0v) is 18.8. The normalized spacial score (nSPS) is 17.5. The number of aromatic nitrogens is 2. The lowest BCUT2D eigenvalue weighted by atomic mass is 9.94. The largest absolute Gasteiger partial charge is 0.507 e. The molecule has 1 N–H and O–H groups in total. The molecule has 7 nitrogen and oxygen atoms in total. The van der Waals surface area contributed by atoms with Crippen molar-refractivity contribution in [3.8, 4) is 5.75 Å². The number of amides is 1. The lowest BCUT2D eigenvalue weighted by Gasteiger charge is -2.25. The van der Waals surface area contributed by atoms with Gasteiger partial charge in [-0.1, -0.05) is 43.3 Å². The second kappa shape index (κ2) is 9.73. The van der Waals surface area contributed by atoms with E-state index in [4.69, 9.17) is 4.74 Å². The Hall–Kier alpha value is -3.87. The number of aryl methyl sites for hydroxylation is 2. The maximum atomic E-state index is 13.1. The van der Waals surface area contributed by atoms with Gasteiger partial charge in [0.15, 0.2) is 0 Å². The Morgan fingerprint density at radius 2 is 1.91 bits per heavy atom. The predicted molar refractivity (Wildman–Crippen MR) is 125 cm³/mol. The molecule has 3 aromatic rings. The van der Waals surface area contributed by atoms with Crippen molar-refractivity contribution in [2.75, 3.05) is 13.7 Å². The first-order chi connectivity index (χ1) is 16.0. The van der Waals surface area contributed by atoms with Crippen LogP contribution in [0.3, 0.4) is 0 Å². The summed E-state index contributed by atoms with van der Waals surface area (Å²) in [6.45, 7) is 3.11. The van der Waals surface area contributed by atoms with E-state index in [-0.39, 0.29) is 11.3 Å². The van der Waals surface area contributed by atoms with Crippen molar-refractivity contribution >= 4 is 17.4 Å². The van der Waals surface area contributed by atoms with Crippen molar-refractivity contribution in [3.05, 3.63) is 89.5 Å². The molecule has 1 aliphatic heterocycles. The van der Waals surface area contributed by atoms with E-state index in [0.29, 0.717) is 30.8 Å². The Morgan fingerprint density at radius 3 is 2.58 bits per heavy atom. The van der Waals surface area contributed by atoms with Gasteiger partial charge in [0.25, 0.3) is 11.7 Å². The number of Topliss-reactive ketones (excluding diaryl/α,β-unsaturated/α-hetero) is 1. The van der Waals surface area contributed by atoms with E-state index in [1.807, 2.05) is 35.0 Å². The summed E-state index contributed by atoms with van der Waals surface area (Å²) in [6.07, 6.45) is 6.81. The van der Waals surface area contributed by atoms with Crippen molar-refractivity contribution in [2.45, 2.75) is 32.4 Å². The molecule has 2 aromatic carbocycles. The van der Waals surface area contributed by atoms with E-state index in [9.17, 15) is 14.7 Å². The molecule has 1 aliphatic rings. The highest BCUT2D eigenvalue weighted by Gasteiger charge is 2.45. The summed E-state index contributed by atoms with van der Waals surface area (Å²) in [5, 5.41) is 11.2. The predicted octanol–water partition coefficient (Wildman–Crippen LogP) is 3.97. The summed E-state index contributed by atoms with van der Waals surface area (Å²) in [5.41, 5.74) is 2.48. The topological polar surface area (TPSA) is 84.7 Å². The van der Waals surface area contributed by atoms with Gasteiger partial charge in [-0.25, -0.2) is 4.98 Å². The maximum absolute atomic E-state index is 13.1. The lowest BCUT2D eigenvalue weighted by Crippen LogP contribution is -2.31. The van der Waals surface area contributed by atoms with Crippen LogP contribution in [0.5, 0.6) is 5.75 Å². The molecule has 1 aromatic heterocycles. The van der Waals surface area contributed by atoms with Gasteiger partial charge in [-0.05, 0) is 36.1 Å². The number of ether oxygens (including phenoxy) is 1. The van der Waals surface area contributed by atoms with Crippen molar-refractivity contribution < 1.29 is 19.4 Å². The van der Waals surface area contributed by atoms with Gasteiger partial charge in [0, 0.05) is 31.0 Å². The number of methoxy groups -OCH3 is 1. The van der Waals surface area contributed by atoms with Crippen LogP contribution in [-0.4, -0.2) is 44.9 Å². The quantitative estimate of drug-likeness (QED) is 0.322. The van der Waals surface area contributed by atoms with Crippen molar-refractivity contribution in [3.63, 3.8) is 0 Å². The first-order valence-electron chi connectivity index (χ1n) is 11.0. The van der Waals surface area contributed by atoms with Gasteiger partial charge in [0.2, 0.25) is 0 Å². The van der Waals surface area contributed by atoms with Crippen LogP contribution in [0.15, 0.2) is 72.8 Å². The molecule has 1 unspecified atom stereocenters. The highest BCUT2D eigenvalue weighted by molar-refractivity contribution is 6.46. The molecule has 0 bridgehead atoms. The Balaban J connectivity index is 1.74. The van der Waals surface area contributed by atoms with E-state index in [0.717, 1.165) is 17.5 Å². The number of hydrogen-bond acceptors (Lipinski definition) is 5. The van der Waals surface area contributed by atoms with E-state index < -0.39 is 17.7 Å². The number of aliphatic hydroxyl groups is 1. The minimum Gasteiger partial charge on any atom is -0.507 e. The standard InChI is InChI=1S/C26H27N3O4/c1-3-18-8-10-19(11-9-18)23-22(24(30)20-6-4-7-21(16-20)33-2)25(31)26(32)29(23)14-5-13-28-15-12-27-17-28/h4,6-12,15-17,23,30H,3,5,13-14H2,1-2H3. The minimum absolute atomic E-state index is 0.0973. The molecule has 0 spiro atoms. The smallest absolute Gasteiger partial charge is 0.295 e. The van der Waals surface area contributed by atoms with Crippen molar-refractivity contribution in [1.29, 1.82) is 0 Å². The fourth-order valence-electron chi connectivity index (χ4n) is 4.16. The van der Waals surface area contributed by atoms with Crippen LogP contribution in [0.25, 0.3) is 5.76 Å². The third-order valence-electron chi connectivity index (χ3n) is 5.96. The van der Waals surface area contributed by atoms with E-state index in [1.54, 1.807) is 41.7 Å². The molecule has 2 heterocycles. The van der Waals surface area contributed by atoms with Gasteiger partial charge < -0.3 is 19.3 Å². The van der Waals surface area contributed by atoms with Gasteiger partial charge in [0.1, 0.15) is 11.5 Å². The molecule has 4 rings (SSSR count). The van der Waals surface area contributed by atoms with Crippen LogP contribution in [-0.2, 0) is 22.6 Å². The monoisotopic (exact) mass is 445 g/mol. The zero-order valence-electron chi connectivity index (χ0n) is 18.8. The van der Waals surface area contributed by atoms with E-state index >= 15 is 0 Å². The Bertz CT molecular complexity index is 1170. The number of aliphatic hydroxyl groups excluding tert-OH is 1. The number of imidazole rings is 1. The highest BCUT2D eigenvalue weighted by atomic mass is 16.5. The molecule has 1 amide bonds. The van der Waals surface area contributed by atoms with Crippen LogP contribution in [0, 0.1) is 0 Å². The van der Waals surface area contributed by atoms with Crippen molar-refractivity contribution in [1.82, 2.24) is 14.5 Å². The summed E-state index contributed by atoms with van der Waals surface area (Å²) in [6, 6.07) is 14.0. The number of benzene rings is 2. The van der Waals surface area contributed by atoms with Gasteiger partial charge in [-0.3, -0.25) is 9.59 Å². The zero-order chi connectivity index (χ0) is 23.4. The van der Waals surface area contributed by atoms with E-state index in [2.05, 4.69) is 11.9 Å². The van der Waals surface area contributed by atoms with E-state index in [1.165, 1.54) is 7.11 Å². The van der Waals surface area contributed by atoms with Crippen LogP contribution in [0.1, 0.15) is 36.1 Å². The third-order valence-corrected chi connectivity index (χ3v) is 5.96. The first-order valence-corrected chi connectivity index (χ1v) is 11.0. The average Bonchev–Trinajstić information content (AvgIpc) is 3.46. The SMILES string of the molecule is CCc1ccc(C2C(=C(O)c3cccc(OC)c3)C(=O)C(=O)N2CCCn2ccnc2)cc1. The van der Waals surface area contributed by atoms with Gasteiger partial charge >= 0.3 is 0 Å². The summed E-state index contributed by atoms with van der Waals surface area (Å²) in [5.74, 6) is -0.927. The molecule has 0 aliphatic carbocycles. The fourth-order valence-corrected chi connectivity index (χ4v) is 4.16. The summed E-state index contributed by atoms with van der Waals surface area (Å²) < 4.78 is 7.19. The third kappa shape index (κ3) is 4.53. The number of carbonyl (C=O) groups is 2. The summed E-state index contributed by atoms with van der Waals surface area (Å²) >= 11 is 0. The Labute approximate surface area is 192 Å². The molecule has 7 heteroatoms. The number of nitrogens with zero attached hydrogens (tertiary/aromatic N) is 3. The molecule has 170 valence electrons. The molecular weight excluding hydrogens is 418 g/mol. The Morgan fingerprint density at radius 1 is 1.12 bits per heavy atom. The number of hydrogen-bond donors (Lipinski definition) is 1. The number of likely N-dealkylation sites (tertiary alicyclic amines) is 1. The van der Waals surface area contributed by atoms with Crippen molar-refractivity contribution in [2.24, 2.45) is 0 Å². The second-order valence-corrected chi connectivity index (χ2v) is 7.97. The number of ketones is 1. The van der Waals surface area contributed by atoms with Gasteiger partial charge in [-0.2, -0.15) is 0 Å². The van der Waals surface area contributed by atoms with Crippen LogP contribution in [0.2, 0.25) is 0 Å².